The van der Waals surface area contributed by atoms with Crippen molar-refractivity contribution in [3.8, 4) is 0 Å². The SMILES string of the molecule is O=S(=O)(NCc1cccs1)c1ccc(F)c(F)c1. The summed E-state index contributed by atoms with van der Waals surface area (Å²) in [6.45, 7) is 0.124. The van der Waals surface area contributed by atoms with Gasteiger partial charge in [0.15, 0.2) is 11.6 Å². The number of sulfonamides is 1. The molecule has 0 saturated heterocycles. The van der Waals surface area contributed by atoms with Crippen LogP contribution in [0.4, 0.5) is 8.78 Å². The zero-order chi connectivity index (χ0) is 13.2. The van der Waals surface area contributed by atoms with Crippen LogP contribution in [0.15, 0.2) is 40.6 Å². The molecule has 0 aliphatic rings. The summed E-state index contributed by atoms with van der Waals surface area (Å²) in [4.78, 5) is 0.541. The molecular weight excluding hydrogens is 280 g/mol. The molecule has 0 aliphatic carbocycles. The van der Waals surface area contributed by atoms with Crippen molar-refractivity contribution in [2.45, 2.75) is 11.4 Å². The summed E-state index contributed by atoms with van der Waals surface area (Å²) in [5, 5.41) is 1.82. The van der Waals surface area contributed by atoms with E-state index in [0.29, 0.717) is 6.07 Å². The molecule has 7 heteroatoms. The lowest BCUT2D eigenvalue weighted by molar-refractivity contribution is 0.504. The summed E-state index contributed by atoms with van der Waals surface area (Å²) in [7, 11) is -3.83. The standard InChI is InChI=1S/C11H9F2NO2S2/c12-10-4-3-9(6-11(10)13)18(15,16)14-7-8-2-1-5-17-8/h1-6,14H,7H2. The van der Waals surface area contributed by atoms with Gasteiger partial charge in [0.25, 0.3) is 0 Å². The molecule has 1 aromatic carbocycles. The van der Waals surface area contributed by atoms with Crippen LogP contribution in [0.5, 0.6) is 0 Å². The van der Waals surface area contributed by atoms with E-state index in [4.69, 9.17) is 0 Å². The van der Waals surface area contributed by atoms with Crippen molar-refractivity contribution >= 4 is 21.4 Å². The summed E-state index contributed by atoms with van der Waals surface area (Å²) < 4.78 is 51.6. The molecule has 1 heterocycles. The van der Waals surface area contributed by atoms with Gasteiger partial charge < -0.3 is 0 Å². The van der Waals surface area contributed by atoms with Gasteiger partial charge in [-0.2, -0.15) is 0 Å². The predicted octanol–water partition coefficient (Wildman–Crippen LogP) is 2.50. The molecule has 1 N–H and O–H groups in total. The average molecular weight is 289 g/mol. The Morgan fingerprint density at radius 1 is 1.17 bits per heavy atom. The van der Waals surface area contributed by atoms with E-state index in [2.05, 4.69) is 4.72 Å². The minimum absolute atomic E-state index is 0.124. The first-order valence-corrected chi connectivity index (χ1v) is 7.32. The Morgan fingerprint density at radius 3 is 2.56 bits per heavy atom. The molecule has 1 aromatic heterocycles. The summed E-state index contributed by atoms with van der Waals surface area (Å²) in [6.07, 6.45) is 0. The van der Waals surface area contributed by atoms with Gasteiger partial charge in [-0.05, 0) is 29.6 Å². The predicted molar refractivity (Wildman–Crippen MR) is 64.7 cm³/mol. The van der Waals surface area contributed by atoms with E-state index in [0.717, 1.165) is 17.0 Å². The van der Waals surface area contributed by atoms with Crippen LogP contribution >= 0.6 is 11.3 Å². The van der Waals surface area contributed by atoms with Crippen LogP contribution in [0.3, 0.4) is 0 Å². The quantitative estimate of drug-likeness (QED) is 0.940. The summed E-state index contributed by atoms with van der Waals surface area (Å²) in [5.74, 6) is -2.26. The maximum atomic E-state index is 13.0. The van der Waals surface area contributed by atoms with Gasteiger partial charge >= 0.3 is 0 Å². The Hall–Kier alpha value is -1.31. The van der Waals surface area contributed by atoms with Crippen LogP contribution in [0, 0.1) is 11.6 Å². The zero-order valence-electron chi connectivity index (χ0n) is 9.06. The van der Waals surface area contributed by atoms with Crippen molar-refractivity contribution in [2.75, 3.05) is 0 Å². The number of nitrogens with one attached hydrogen (secondary N) is 1. The molecule has 18 heavy (non-hydrogen) atoms. The maximum absolute atomic E-state index is 13.0. The van der Waals surface area contributed by atoms with Gasteiger partial charge in [-0.25, -0.2) is 21.9 Å². The minimum Gasteiger partial charge on any atom is -0.207 e. The van der Waals surface area contributed by atoms with Crippen LogP contribution in [0.25, 0.3) is 0 Å². The van der Waals surface area contributed by atoms with Crippen molar-refractivity contribution in [2.24, 2.45) is 0 Å². The van der Waals surface area contributed by atoms with Crippen LogP contribution in [-0.2, 0) is 16.6 Å². The summed E-state index contributed by atoms with van der Waals surface area (Å²) >= 11 is 1.40. The average Bonchev–Trinajstić information content (AvgIpc) is 2.83. The molecule has 0 fully saturated rings. The van der Waals surface area contributed by atoms with Crippen molar-refractivity contribution in [1.82, 2.24) is 4.72 Å². The molecule has 0 amide bonds. The molecular formula is C11H9F2NO2S2. The molecule has 3 nitrogen and oxygen atoms in total. The Labute approximate surface area is 107 Å². The van der Waals surface area contributed by atoms with Crippen molar-refractivity contribution in [1.29, 1.82) is 0 Å². The fourth-order valence-corrected chi connectivity index (χ4v) is 3.06. The summed E-state index contributed by atoms with van der Waals surface area (Å²) in [6, 6.07) is 6.04. The molecule has 0 unspecified atom stereocenters. The molecule has 2 rings (SSSR count). The van der Waals surface area contributed by atoms with Gasteiger partial charge in [0.1, 0.15) is 0 Å². The fraction of sp³-hybridized carbons (Fsp3) is 0.0909. The lowest BCUT2D eigenvalue weighted by atomic mass is 10.3. The number of hydrogen-bond acceptors (Lipinski definition) is 3. The second kappa shape index (κ2) is 5.13. The highest BCUT2D eigenvalue weighted by Crippen LogP contribution is 2.15. The number of hydrogen-bond donors (Lipinski definition) is 1. The van der Waals surface area contributed by atoms with E-state index >= 15 is 0 Å². The lowest BCUT2D eigenvalue weighted by Gasteiger charge is -2.05. The van der Waals surface area contributed by atoms with Crippen molar-refractivity contribution in [3.63, 3.8) is 0 Å². The smallest absolute Gasteiger partial charge is 0.207 e. The van der Waals surface area contributed by atoms with Gasteiger partial charge in [0.05, 0.1) is 4.90 Å². The number of rotatable bonds is 4. The molecule has 0 aliphatic heterocycles. The Kier molecular flexibility index (Phi) is 3.74. The van der Waals surface area contributed by atoms with E-state index in [-0.39, 0.29) is 11.4 Å². The second-order valence-electron chi connectivity index (χ2n) is 3.48. The first-order valence-electron chi connectivity index (χ1n) is 4.96. The van der Waals surface area contributed by atoms with Gasteiger partial charge in [0.2, 0.25) is 10.0 Å². The lowest BCUT2D eigenvalue weighted by Crippen LogP contribution is -2.23. The van der Waals surface area contributed by atoms with Crippen LogP contribution in [0.2, 0.25) is 0 Å². The van der Waals surface area contributed by atoms with Crippen LogP contribution < -0.4 is 4.72 Å². The van der Waals surface area contributed by atoms with E-state index < -0.39 is 21.7 Å². The van der Waals surface area contributed by atoms with E-state index in [1.54, 1.807) is 12.1 Å². The molecule has 0 radical (unpaired) electrons. The van der Waals surface area contributed by atoms with Gasteiger partial charge in [-0.1, -0.05) is 6.07 Å². The molecule has 0 spiro atoms. The number of benzene rings is 1. The first-order chi connectivity index (χ1) is 8.49. The third-order valence-electron chi connectivity index (χ3n) is 2.22. The second-order valence-corrected chi connectivity index (χ2v) is 6.28. The molecule has 0 bridgehead atoms. The topological polar surface area (TPSA) is 46.2 Å². The van der Waals surface area contributed by atoms with E-state index in [1.807, 2.05) is 5.38 Å². The largest absolute Gasteiger partial charge is 0.241 e. The molecule has 2 aromatic rings. The highest BCUT2D eigenvalue weighted by atomic mass is 32.2. The highest BCUT2D eigenvalue weighted by molar-refractivity contribution is 7.89. The van der Waals surface area contributed by atoms with Crippen molar-refractivity contribution < 1.29 is 17.2 Å². The molecule has 0 saturated carbocycles. The minimum atomic E-state index is -3.83. The Bertz CT molecular complexity index is 639. The van der Waals surface area contributed by atoms with E-state index in [1.165, 1.54) is 11.3 Å². The van der Waals surface area contributed by atoms with Crippen LogP contribution in [0.1, 0.15) is 4.88 Å². The summed E-state index contributed by atoms with van der Waals surface area (Å²) in [5.41, 5.74) is 0. The number of halogens is 2. The van der Waals surface area contributed by atoms with Gasteiger partial charge in [-0.3, -0.25) is 0 Å². The molecule has 0 atom stereocenters. The van der Waals surface area contributed by atoms with Gasteiger partial charge in [0, 0.05) is 11.4 Å². The Balaban J connectivity index is 2.17. The highest BCUT2D eigenvalue weighted by Gasteiger charge is 2.16. The number of thiophene rings is 1. The fourth-order valence-electron chi connectivity index (χ4n) is 1.31. The monoisotopic (exact) mass is 289 g/mol. The van der Waals surface area contributed by atoms with Crippen molar-refractivity contribution in [3.05, 3.63) is 52.2 Å². The van der Waals surface area contributed by atoms with Crippen LogP contribution in [-0.4, -0.2) is 8.42 Å². The Morgan fingerprint density at radius 2 is 1.94 bits per heavy atom. The normalized spacial score (nSPS) is 11.7. The third-order valence-corrected chi connectivity index (χ3v) is 4.49. The van der Waals surface area contributed by atoms with E-state index in [9.17, 15) is 17.2 Å². The third kappa shape index (κ3) is 2.92. The van der Waals surface area contributed by atoms with Gasteiger partial charge in [-0.15, -0.1) is 11.3 Å². The molecule has 96 valence electrons. The first kappa shape index (κ1) is 13.1. The maximum Gasteiger partial charge on any atom is 0.241 e. The zero-order valence-corrected chi connectivity index (χ0v) is 10.7.